The van der Waals surface area contributed by atoms with Crippen LogP contribution in [0.25, 0.3) is 11.1 Å². The minimum atomic E-state index is -2.10. The maximum atomic E-state index is 11.0. The van der Waals surface area contributed by atoms with E-state index in [2.05, 4.69) is 0 Å². The average Bonchev–Trinajstić information content (AvgIpc) is 2.24. The molecule has 3 rings (SSSR count). The first-order valence-corrected chi connectivity index (χ1v) is 5.82. The first-order valence-electron chi connectivity index (χ1n) is 4.75. The van der Waals surface area contributed by atoms with E-state index in [9.17, 15) is 8.42 Å². The quantitative estimate of drug-likeness (QED) is 0.573. The minimum absolute atomic E-state index is 0.517. The SMILES string of the molecule is O=S(=O)=C1CC=CC2=c3ccccc3=C21. The van der Waals surface area contributed by atoms with Gasteiger partial charge in [0.2, 0.25) is 10.3 Å². The highest BCUT2D eigenvalue weighted by atomic mass is 32.2. The molecule has 0 saturated carbocycles. The predicted octanol–water partition coefficient (Wildman–Crippen LogP) is 0.0130. The van der Waals surface area contributed by atoms with Gasteiger partial charge in [-0.05, 0) is 16.0 Å². The van der Waals surface area contributed by atoms with Gasteiger partial charge in [0.15, 0.2) is 0 Å². The lowest BCUT2D eigenvalue weighted by Gasteiger charge is -2.20. The Labute approximate surface area is 88.4 Å². The van der Waals surface area contributed by atoms with Crippen LogP contribution in [-0.4, -0.2) is 13.3 Å². The number of benzene rings is 1. The topological polar surface area (TPSA) is 34.1 Å². The molecule has 0 aliphatic heterocycles. The van der Waals surface area contributed by atoms with Crippen LogP contribution in [0.2, 0.25) is 0 Å². The van der Waals surface area contributed by atoms with Crippen molar-refractivity contribution in [1.82, 2.24) is 0 Å². The zero-order chi connectivity index (χ0) is 10.4. The van der Waals surface area contributed by atoms with Crippen LogP contribution in [0.4, 0.5) is 0 Å². The molecule has 15 heavy (non-hydrogen) atoms. The summed E-state index contributed by atoms with van der Waals surface area (Å²) in [5.41, 5.74) is 1.98. The maximum absolute atomic E-state index is 11.0. The van der Waals surface area contributed by atoms with E-state index in [4.69, 9.17) is 0 Å². The zero-order valence-corrected chi connectivity index (χ0v) is 8.71. The number of allylic oxidation sites excluding steroid dienone is 2. The van der Waals surface area contributed by atoms with Gasteiger partial charge in [0.1, 0.15) is 0 Å². The third kappa shape index (κ3) is 1.07. The fourth-order valence-electron chi connectivity index (χ4n) is 2.16. The molecule has 1 aromatic rings. The van der Waals surface area contributed by atoms with Crippen molar-refractivity contribution in [2.45, 2.75) is 6.42 Å². The zero-order valence-electron chi connectivity index (χ0n) is 7.90. The fraction of sp³-hybridized carbons (Fsp3) is 0.0833. The second-order valence-electron chi connectivity index (χ2n) is 3.60. The third-order valence-electron chi connectivity index (χ3n) is 2.82. The Morgan fingerprint density at radius 1 is 1.07 bits per heavy atom. The molecule has 2 aliphatic rings. The molecule has 2 aliphatic carbocycles. The Morgan fingerprint density at radius 2 is 1.80 bits per heavy atom. The Balaban J connectivity index is 2.51. The molecule has 0 atom stereocenters. The van der Waals surface area contributed by atoms with Crippen molar-refractivity contribution in [3.8, 4) is 0 Å². The lowest BCUT2D eigenvalue weighted by molar-refractivity contribution is 0.627. The summed E-state index contributed by atoms with van der Waals surface area (Å²) in [6.45, 7) is 0. The van der Waals surface area contributed by atoms with Crippen LogP contribution in [0.5, 0.6) is 0 Å². The molecule has 0 spiro atoms. The molecule has 0 bridgehead atoms. The molecule has 1 aromatic carbocycles. The molecular formula is C12H8O2S. The normalized spacial score (nSPS) is 16.9. The second kappa shape index (κ2) is 2.94. The molecule has 0 fully saturated rings. The van der Waals surface area contributed by atoms with Gasteiger partial charge in [-0.1, -0.05) is 36.4 Å². The molecular weight excluding hydrogens is 208 g/mol. The molecule has 0 saturated heterocycles. The Hall–Kier alpha value is -1.61. The summed E-state index contributed by atoms with van der Waals surface area (Å²) in [5, 5.41) is 2.22. The number of fused-ring (bicyclic) bond motifs is 2. The smallest absolute Gasteiger partial charge is 0.184 e. The van der Waals surface area contributed by atoms with Crippen LogP contribution >= 0.6 is 0 Å². The van der Waals surface area contributed by atoms with Crippen LogP contribution in [0.3, 0.4) is 0 Å². The van der Waals surface area contributed by atoms with Crippen molar-refractivity contribution in [3.05, 3.63) is 46.9 Å². The van der Waals surface area contributed by atoms with Crippen molar-refractivity contribution in [2.24, 2.45) is 0 Å². The van der Waals surface area contributed by atoms with Gasteiger partial charge in [-0.25, -0.2) is 0 Å². The summed E-state index contributed by atoms with van der Waals surface area (Å²) in [4.78, 5) is 0.520. The summed E-state index contributed by atoms with van der Waals surface area (Å²) in [6, 6.07) is 7.90. The van der Waals surface area contributed by atoms with Crippen molar-refractivity contribution < 1.29 is 8.42 Å². The number of rotatable bonds is 0. The third-order valence-corrected chi connectivity index (χ3v) is 3.60. The van der Waals surface area contributed by atoms with Gasteiger partial charge in [0.05, 0.1) is 4.86 Å². The van der Waals surface area contributed by atoms with Gasteiger partial charge in [0.25, 0.3) is 0 Å². The van der Waals surface area contributed by atoms with E-state index in [1.807, 2.05) is 36.4 Å². The predicted molar refractivity (Wildman–Crippen MR) is 60.2 cm³/mol. The summed E-state index contributed by atoms with van der Waals surface area (Å²) < 4.78 is 22.1. The summed E-state index contributed by atoms with van der Waals surface area (Å²) in [7, 11) is -2.10. The summed E-state index contributed by atoms with van der Waals surface area (Å²) >= 11 is 0. The van der Waals surface area contributed by atoms with Crippen LogP contribution in [0.15, 0.2) is 36.4 Å². The lowest BCUT2D eigenvalue weighted by Crippen LogP contribution is -2.41. The van der Waals surface area contributed by atoms with Gasteiger partial charge in [-0.15, -0.1) is 0 Å². The largest absolute Gasteiger partial charge is 0.218 e. The maximum Gasteiger partial charge on any atom is 0.218 e. The van der Waals surface area contributed by atoms with Crippen LogP contribution in [0, 0.1) is 0 Å². The molecule has 0 N–H and O–H groups in total. The Kier molecular flexibility index (Phi) is 1.70. The molecule has 0 heterocycles. The van der Waals surface area contributed by atoms with Crippen molar-refractivity contribution >= 4 is 26.3 Å². The van der Waals surface area contributed by atoms with Crippen molar-refractivity contribution in [1.29, 1.82) is 0 Å². The van der Waals surface area contributed by atoms with Crippen molar-refractivity contribution in [3.63, 3.8) is 0 Å². The molecule has 0 radical (unpaired) electrons. The van der Waals surface area contributed by atoms with E-state index in [0.717, 1.165) is 21.6 Å². The van der Waals surface area contributed by atoms with Crippen LogP contribution in [-0.2, 0) is 10.3 Å². The van der Waals surface area contributed by atoms with Gasteiger partial charge in [0, 0.05) is 12.0 Å². The fourth-order valence-corrected chi connectivity index (χ4v) is 2.78. The Morgan fingerprint density at radius 3 is 2.53 bits per heavy atom. The Bertz CT molecular complexity index is 726. The first kappa shape index (κ1) is 8.68. The summed E-state index contributed by atoms with van der Waals surface area (Å²) in [6.07, 6.45) is 4.43. The van der Waals surface area contributed by atoms with E-state index in [1.54, 1.807) is 0 Å². The molecule has 0 unspecified atom stereocenters. The van der Waals surface area contributed by atoms with E-state index < -0.39 is 10.3 Å². The summed E-state index contributed by atoms with van der Waals surface area (Å²) in [5.74, 6) is 0. The first-order chi connectivity index (χ1) is 7.29. The monoisotopic (exact) mass is 216 g/mol. The highest BCUT2D eigenvalue weighted by Crippen LogP contribution is 2.23. The standard InChI is InChI=1S/C12H8O2S/c13-15(14)11-7-3-6-10-8-4-1-2-5-9(8)12(10)11/h1-6H,7H2. The van der Waals surface area contributed by atoms with E-state index in [1.165, 1.54) is 0 Å². The van der Waals surface area contributed by atoms with E-state index in [0.29, 0.717) is 11.3 Å². The molecule has 3 heteroatoms. The van der Waals surface area contributed by atoms with Gasteiger partial charge in [-0.2, -0.15) is 8.42 Å². The lowest BCUT2D eigenvalue weighted by atomic mass is 9.84. The highest BCUT2D eigenvalue weighted by molar-refractivity contribution is 7.74. The van der Waals surface area contributed by atoms with Crippen LogP contribution in [0.1, 0.15) is 6.42 Å². The number of hydrogen-bond acceptors (Lipinski definition) is 2. The molecule has 0 amide bonds. The van der Waals surface area contributed by atoms with Crippen molar-refractivity contribution in [2.75, 3.05) is 0 Å². The highest BCUT2D eigenvalue weighted by Gasteiger charge is 2.22. The van der Waals surface area contributed by atoms with Crippen LogP contribution < -0.4 is 10.4 Å². The second-order valence-corrected chi connectivity index (χ2v) is 4.56. The number of hydrogen-bond donors (Lipinski definition) is 0. The minimum Gasteiger partial charge on any atom is -0.184 e. The van der Waals surface area contributed by atoms with Gasteiger partial charge >= 0.3 is 0 Å². The van der Waals surface area contributed by atoms with Gasteiger partial charge in [-0.3, -0.25) is 0 Å². The van der Waals surface area contributed by atoms with Gasteiger partial charge < -0.3 is 0 Å². The van der Waals surface area contributed by atoms with E-state index >= 15 is 0 Å². The van der Waals surface area contributed by atoms with E-state index in [-0.39, 0.29) is 0 Å². The molecule has 0 aromatic heterocycles. The average molecular weight is 216 g/mol. The molecule has 74 valence electrons. The molecule has 2 nitrogen and oxygen atoms in total.